The number of carbonyl (C=O) groups is 1. The molecule has 2 aromatic rings. The molecule has 0 spiro atoms. The van der Waals surface area contributed by atoms with Crippen molar-refractivity contribution in [2.45, 2.75) is 17.5 Å². The molecule has 1 saturated heterocycles. The van der Waals surface area contributed by atoms with Crippen molar-refractivity contribution in [1.82, 2.24) is 9.80 Å². The highest BCUT2D eigenvalue weighted by molar-refractivity contribution is 8.00. The van der Waals surface area contributed by atoms with Crippen LogP contribution in [0, 0.1) is 0 Å². The van der Waals surface area contributed by atoms with Gasteiger partial charge in [-0.3, -0.25) is 9.69 Å². The summed E-state index contributed by atoms with van der Waals surface area (Å²) in [7, 11) is 0. The summed E-state index contributed by atoms with van der Waals surface area (Å²) in [5, 5.41) is 10.3. The number of aliphatic hydroxyl groups is 1. The van der Waals surface area contributed by atoms with Gasteiger partial charge in [-0.25, -0.2) is 0 Å². The molecule has 1 amide bonds. The second kappa shape index (κ2) is 9.04. The standard InChI is InChI=1S/C20H24N2O2S/c23-18-14-21(13-17-7-3-1-4-8-17)11-12-22(15-18)20(24)16-25-19-9-5-2-6-10-19/h1-10,18,23H,11-16H2/t18-/m0/s1. The third-order valence-electron chi connectivity index (χ3n) is 4.29. The molecule has 1 N–H and O–H groups in total. The van der Waals surface area contributed by atoms with E-state index in [1.165, 1.54) is 5.56 Å². The van der Waals surface area contributed by atoms with E-state index in [1.807, 2.05) is 48.5 Å². The Hall–Kier alpha value is -1.82. The maximum atomic E-state index is 12.5. The highest BCUT2D eigenvalue weighted by Crippen LogP contribution is 2.18. The third-order valence-corrected chi connectivity index (χ3v) is 5.29. The zero-order valence-corrected chi connectivity index (χ0v) is 15.1. The summed E-state index contributed by atoms with van der Waals surface area (Å²) in [6.45, 7) is 3.27. The summed E-state index contributed by atoms with van der Waals surface area (Å²) < 4.78 is 0. The topological polar surface area (TPSA) is 43.8 Å². The lowest BCUT2D eigenvalue weighted by Gasteiger charge is -2.21. The molecule has 4 nitrogen and oxygen atoms in total. The number of hydrogen-bond acceptors (Lipinski definition) is 4. The van der Waals surface area contributed by atoms with Crippen LogP contribution < -0.4 is 0 Å². The van der Waals surface area contributed by atoms with Crippen molar-refractivity contribution in [2.24, 2.45) is 0 Å². The quantitative estimate of drug-likeness (QED) is 0.836. The zero-order chi connectivity index (χ0) is 17.5. The molecule has 25 heavy (non-hydrogen) atoms. The molecular weight excluding hydrogens is 332 g/mol. The van der Waals surface area contributed by atoms with E-state index in [2.05, 4.69) is 17.0 Å². The van der Waals surface area contributed by atoms with Crippen molar-refractivity contribution >= 4 is 17.7 Å². The molecule has 3 rings (SSSR count). The Balaban J connectivity index is 1.52. The first-order valence-electron chi connectivity index (χ1n) is 8.60. The largest absolute Gasteiger partial charge is 0.390 e. The van der Waals surface area contributed by atoms with Gasteiger partial charge < -0.3 is 10.0 Å². The van der Waals surface area contributed by atoms with Crippen LogP contribution in [-0.4, -0.2) is 58.8 Å². The first-order chi connectivity index (χ1) is 12.2. The van der Waals surface area contributed by atoms with E-state index in [4.69, 9.17) is 0 Å². The minimum Gasteiger partial charge on any atom is -0.390 e. The molecule has 0 aliphatic carbocycles. The maximum absolute atomic E-state index is 12.5. The van der Waals surface area contributed by atoms with Crippen LogP contribution in [0.4, 0.5) is 0 Å². The van der Waals surface area contributed by atoms with E-state index in [9.17, 15) is 9.90 Å². The van der Waals surface area contributed by atoms with Gasteiger partial charge in [0, 0.05) is 37.6 Å². The number of hydrogen-bond donors (Lipinski definition) is 1. The lowest BCUT2D eigenvalue weighted by Crippen LogP contribution is -2.38. The van der Waals surface area contributed by atoms with Gasteiger partial charge in [-0.1, -0.05) is 48.5 Å². The lowest BCUT2D eigenvalue weighted by molar-refractivity contribution is -0.129. The summed E-state index contributed by atoms with van der Waals surface area (Å²) in [5.74, 6) is 0.504. The minimum atomic E-state index is -0.503. The van der Waals surface area contributed by atoms with E-state index < -0.39 is 6.10 Å². The van der Waals surface area contributed by atoms with Crippen molar-refractivity contribution in [3.63, 3.8) is 0 Å². The Kier molecular flexibility index (Phi) is 6.50. The first kappa shape index (κ1) is 18.0. The normalized spacial score (nSPS) is 18.8. The predicted octanol–water partition coefficient (Wildman–Crippen LogP) is 2.48. The average Bonchev–Trinajstić information content (AvgIpc) is 2.82. The molecule has 5 heteroatoms. The number of benzene rings is 2. The Morgan fingerprint density at radius 1 is 1.00 bits per heavy atom. The van der Waals surface area contributed by atoms with Gasteiger partial charge >= 0.3 is 0 Å². The highest BCUT2D eigenvalue weighted by Gasteiger charge is 2.24. The van der Waals surface area contributed by atoms with Crippen LogP contribution in [0.5, 0.6) is 0 Å². The summed E-state index contributed by atoms with van der Waals surface area (Å²) in [5.41, 5.74) is 1.23. The summed E-state index contributed by atoms with van der Waals surface area (Å²) in [6.07, 6.45) is -0.503. The fourth-order valence-electron chi connectivity index (χ4n) is 3.02. The Morgan fingerprint density at radius 3 is 2.40 bits per heavy atom. The molecule has 1 aliphatic rings. The monoisotopic (exact) mass is 356 g/mol. The number of nitrogens with zero attached hydrogens (tertiary/aromatic N) is 2. The van der Waals surface area contributed by atoms with Crippen molar-refractivity contribution in [3.05, 3.63) is 66.2 Å². The van der Waals surface area contributed by atoms with E-state index >= 15 is 0 Å². The Bertz CT molecular complexity index is 666. The van der Waals surface area contributed by atoms with Crippen LogP contribution in [-0.2, 0) is 11.3 Å². The van der Waals surface area contributed by atoms with E-state index in [0.717, 1.165) is 18.0 Å². The predicted molar refractivity (Wildman–Crippen MR) is 101 cm³/mol. The molecule has 1 heterocycles. The molecule has 1 aliphatic heterocycles. The second-order valence-corrected chi connectivity index (χ2v) is 7.36. The number of carbonyl (C=O) groups excluding carboxylic acids is 1. The van der Waals surface area contributed by atoms with Crippen molar-refractivity contribution < 1.29 is 9.90 Å². The van der Waals surface area contributed by atoms with Crippen LogP contribution in [0.2, 0.25) is 0 Å². The summed E-state index contributed by atoms with van der Waals surface area (Å²) in [6, 6.07) is 20.2. The molecule has 0 unspecified atom stereocenters. The zero-order valence-electron chi connectivity index (χ0n) is 14.3. The fraction of sp³-hybridized carbons (Fsp3) is 0.350. The van der Waals surface area contributed by atoms with Gasteiger partial charge in [0.05, 0.1) is 11.9 Å². The molecule has 132 valence electrons. The molecule has 1 fully saturated rings. The number of β-amino-alcohol motifs (C(OH)–C–C–N with tert-alkyl or cyclic N) is 1. The number of thioether (sulfide) groups is 1. The van der Waals surface area contributed by atoms with Gasteiger partial charge in [-0.15, -0.1) is 11.8 Å². The van der Waals surface area contributed by atoms with E-state index in [-0.39, 0.29) is 5.91 Å². The van der Waals surface area contributed by atoms with Crippen molar-refractivity contribution in [2.75, 3.05) is 31.9 Å². The highest BCUT2D eigenvalue weighted by atomic mass is 32.2. The summed E-state index contributed by atoms with van der Waals surface area (Å²) >= 11 is 1.55. The van der Waals surface area contributed by atoms with Gasteiger partial charge in [0.1, 0.15) is 0 Å². The van der Waals surface area contributed by atoms with Gasteiger partial charge in [0.15, 0.2) is 0 Å². The fourth-order valence-corrected chi connectivity index (χ4v) is 3.84. The van der Waals surface area contributed by atoms with E-state index in [1.54, 1.807) is 16.7 Å². The second-order valence-electron chi connectivity index (χ2n) is 6.32. The minimum absolute atomic E-state index is 0.0921. The Morgan fingerprint density at radius 2 is 1.68 bits per heavy atom. The molecule has 0 radical (unpaired) electrons. The number of aliphatic hydroxyl groups excluding tert-OH is 1. The molecular formula is C20H24N2O2S. The van der Waals surface area contributed by atoms with Crippen LogP contribution in [0.3, 0.4) is 0 Å². The summed E-state index contributed by atoms with van der Waals surface area (Å²) in [4.78, 5) is 17.6. The average molecular weight is 356 g/mol. The molecule has 0 aromatic heterocycles. The van der Waals surface area contributed by atoms with Crippen molar-refractivity contribution in [1.29, 1.82) is 0 Å². The smallest absolute Gasteiger partial charge is 0.233 e. The molecule has 0 bridgehead atoms. The van der Waals surface area contributed by atoms with Gasteiger partial charge in [-0.05, 0) is 17.7 Å². The lowest BCUT2D eigenvalue weighted by atomic mass is 10.2. The van der Waals surface area contributed by atoms with Crippen LogP contribution >= 0.6 is 11.8 Å². The molecule has 0 saturated carbocycles. The maximum Gasteiger partial charge on any atom is 0.233 e. The Labute approximate surface area is 153 Å². The first-order valence-corrected chi connectivity index (χ1v) is 9.59. The van der Waals surface area contributed by atoms with Crippen molar-refractivity contribution in [3.8, 4) is 0 Å². The molecule has 1 atom stereocenters. The molecule has 2 aromatic carbocycles. The van der Waals surface area contributed by atoms with Gasteiger partial charge in [-0.2, -0.15) is 0 Å². The van der Waals surface area contributed by atoms with Gasteiger partial charge in [0.25, 0.3) is 0 Å². The van der Waals surface area contributed by atoms with Crippen LogP contribution in [0.15, 0.2) is 65.6 Å². The van der Waals surface area contributed by atoms with E-state index in [0.29, 0.717) is 25.4 Å². The van der Waals surface area contributed by atoms with Crippen LogP contribution in [0.1, 0.15) is 5.56 Å². The number of rotatable bonds is 5. The SMILES string of the molecule is O=C(CSc1ccccc1)N1CCN(Cc2ccccc2)C[C@H](O)C1. The van der Waals surface area contributed by atoms with Crippen LogP contribution in [0.25, 0.3) is 0 Å². The third kappa shape index (κ3) is 5.59. The number of amides is 1. The van der Waals surface area contributed by atoms with Gasteiger partial charge in [0.2, 0.25) is 5.91 Å².